The van der Waals surface area contributed by atoms with Gasteiger partial charge in [0.15, 0.2) is 0 Å². The normalized spacial score (nSPS) is 14.9. The van der Waals surface area contributed by atoms with Gasteiger partial charge in [-0.25, -0.2) is 0 Å². The summed E-state index contributed by atoms with van der Waals surface area (Å²) in [5, 5.41) is 13.7. The van der Waals surface area contributed by atoms with Crippen molar-refractivity contribution in [2.24, 2.45) is 0 Å². The number of benzene rings is 1. The van der Waals surface area contributed by atoms with Crippen molar-refractivity contribution < 1.29 is 5.11 Å². The van der Waals surface area contributed by atoms with Gasteiger partial charge in [-0.3, -0.25) is 4.98 Å². The first-order chi connectivity index (χ1) is 8.84. The first kappa shape index (κ1) is 11.2. The van der Waals surface area contributed by atoms with Gasteiger partial charge in [-0.05, 0) is 23.6 Å². The van der Waals surface area contributed by atoms with Gasteiger partial charge >= 0.3 is 0 Å². The standard InChI is InChI=1S/C15H16N2O/c18-14(9-11-3-2-7-16-10-11)13-5-1-4-12-6-8-17-15(12)13/h1-5,7,10,14,17-18H,6,8-9H2. The summed E-state index contributed by atoms with van der Waals surface area (Å²) in [5.41, 5.74) is 4.47. The van der Waals surface area contributed by atoms with E-state index in [4.69, 9.17) is 0 Å². The van der Waals surface area contributed by atoms with Crippen LogP contribution in [-0.4, -0.2) is 16.6 Å². The van der Waals surface area contributed by atoms with Gasteiger partial charge in [0, 0.05) is 36.6 Å². The second-order valence-electron chi connectivity index (χ2n) is 4.64. The van der Waals surface area contributed by atoms with E-state index < -0.39 is 6.10 Å². The highest BCUT2D eigenvalue weighted by atomic mass is 16.3. The molecule has 0 saturated carbocycles. The van der Waals surface area contributed by atoms with E-state index in [1.54, 1.807) is 12.4 Å². The Kier molecular flexibility index (Phi) is 2.99. The van der Waals surface area contributed by atoms with Crippen molar-refractivity contribution in [1.29, 1.82) is 0 Å². The zero-order valence-corrected chi connectivity index (χ0v) is 10.1. The van der Waals surface area contributed by atoms with Crippen LogP contribution < -0.4 is 5.32 Å². The van der Waals surface area contributed by atoms with Crippen molar-refractivity contribution in [1.82, 2.24) is 4.98 Å². The Hall–Kier alpha value is -1.87. The molecular formula is C15H16N2O. The minimum atomic E-state index is -0.477. The molecule has 0 radical (unpaired) electrons. The summed E-state index contributed by atoms with van der Waals surface area (Å²) in [4.78, 5) is 4.08. The third-order valence-corrected chi connectivity index (χ3v) is 3.39. The number of hydrogen-bond acceptors (Lipinski definition) is 3. The van der Waals surface area contributed by atoms with Crippen molar-refractivity contribution in [2.75, 3.05) is 11.9 Å². The van der Waals surface area contributed by atoms with Crippen molar-refractivity contribution in [3.05, 3.63) is 59.4 Å². The van der Waals surface area contributed by atoms with Gasteiger partial charge in [-0.1, -0.05) is 24.3 Å². The smallest absolute Gasteiger partial charge is 0.0850 e. The fourth-order valence-corrected chi connectivity index (χ4v) is 2.50. The van der Waals surface area contributed by atoms with Crippen LogP contribution in [-0.2, 0) is 12.8 Å². The highest BCUT2D eigenvalue weighted by molar-refractivity contribution is 5.62. The summed E-state index contributed by atoms with van der Waals surface area (Å²) in [7, 11) is 0. The van der Waals surface area contributed by atoms with Crippen molar-refractivity contribution in [2.45, 2.75) is 18.9 Å². The Morgan fingerprint density at radius 3 is 3.06 bits per heavy atom. The fraction of sp³-hybridized carbons (Fsp3) is 0.267. The summed E-state index contributed by atoms with van der Waals surface area (Å²) in [5.74, 6) is 0. The van der Waals surface area contributed by atoms with Crippen LogP contribution >= 0.6 is 0 Å². The molecule has 1 aromatic heterocycles. The Morgan fingerprint density at radius 2 is 2.22 bits per heavy atom. The van der Waals surface area contributed by atoms with Crippen LogP contribution in [0.2, 0.25) is 0 Å². The van der Waals surface area contributed by atoms with Gasteiger partial charge in [0.2, 0.25) is 0 Å². The molecule has 3 nitrogen and oxygen atoms in total. The first-order valence-electron chi connectivity index (χ1n) is 6.27. The van der Waals surface area contributed by atoms with Crippen LogP contribution in [0.1, 0.15) is 22.8 Å². The van der Waals surface area contributed by atoms with E-state index in [-0.39, 0.29) is 0 Å². The van der Waals surface area contributed by atoms with E-state index in [0.29, 0.717) is 6.42 Å². The molecule has 1 aromatic carbocycles. The molecular weight excluding hydrogens is 224 g/mol. The number of aliphatic hydroxyl groups excluding tert-OH is 1. The molecule has 3 heteroatoms. The predicted octanol–water partition coefficient (Wildman–Crippen LogP) is 2.33. The lowest BCUT2D eigenvalue weighted by molar-refractivity contribution is 0.179. The summed E-state index contributed by atoms with van der Waals surface area (Å²) in [6.07, 6.45) is 4.72. The van der Waals surface area contributed by atoms with Crippen molar-refractivity contribution in [3.63, 3.8) is 0 Å². The SMILES string of the molecule is OC(Cc1cccnc1)c1cccc2c1NCC2. The van der Waals surface area contributed by atoms with E-state index >= 15 is 0 Å². The minimum absolute atomic E-state index is 0.477. The maximum Gasteiger partial charge on any atom is 0.0850 e. The zero-order valence-electron chi connectivity index (χ0n) is 10.1. The van der Waals surface area contributed by atoms with Gasteiger partial charge in [-0.15, -0.1) is 0 Å². The zero-order chi connectivity index (χ0) is 12.4. The summed E-state index contributed by atoms with van der Waals surface area (Å²) in [6.45, 7) is 0.964. The quantitative estimate of drug-likeness (QED) is 0.865. The highest BCUT2D eigenvalue weighted by Gasteiger charge is 2.18. The van der Waals surface area contributed by atoms with Crippen LogP contribution in [0.25, 0.3) is 0 Å². The second kappa shape index (κ2) is 4.78. The van der Waals surface area contributed by atoms with Crippen LogP contribution in [0, 0.1) is 0 Å². The third kappa shape index (κ3) is 2.09. The van der Waals surface area contributed by atoms with E-state index in [9.17, 15) is 5.11 Å². The molecule has 2 N–H and O–H groups in total. The fourth-order valence-electron chi connectivity index (χ4n) is 2.50. The Bertz CT molecular complexity index is 539. The third-order valence-electron chi connectivity index (χ3n) is 3.39. The van der Waals surface area contributed by atoms with Gasteiger partial charge in [-0.2, -0.15) is 0 Å². The van der Waals surface area contributed by atoms with Crippen molar-refractivity contribution >= 4 is 5.69 Å². The monoisotopic (exact) mass is 240 g/mol. The summed E-state index contributed by atoms with van der Waals surface area (Å²) in [6, 6.07) is 10.0. The molecule has 0 bridgehead atoms. The molecule has 92 valence electrons. The maximum atomic E-state index is 10.4. The largest absolute Gasteiger partial charge is 0.388 e. The van der Waals surface area contributed by atoms with Crippen LogP contribution in [0.15, 0.2) is 42.7 Å². The Labute approximate surface area is 107 Å². The molecule has 0 aliphatic carbocycles. The number of hydrogen-bond donors (Lipinski definition) is 2. The number of aliphatic hydroxyl groups is 1. The first-order valence-corrected chi connectivity index (χ1v) is 6.27. The van der Waals surface area contributed by atoms with E-state index in [2.05, 4.69) is 16.4 Å². The van der Waals surface area contributed by atoms with Gasteiger partial charge in [0.25, 0.3) is 0 Å². The van der Waals surface area contributed by atoms with Crippen LogP contribution in [0.4, 0.5) is 5.69 Å². The number of rotatable bonds is 3. The predicted molar refractivity (Wildman–Crippen MR) is 71.5 cm³/mol. The number of pyridine rings is 1. The number of anilines is 1. The topological polar surface area (TPSA) is 45.2 Å². The van der Waals surface area contributed by atoms with E-state index in [1.165, 1.54) is 5.56 Å². The van der Waals surface area contributed by atoms with Crippen LogP contribution in [0.3, 0.4) is 0 Å². The summed E-state index contributed by atoms with van der Waals surface area (Å²) >= 11 is 0. The second-order valence-corrected chi connectivity index (χ2v) is 4.64. The Morgan fingerprint density at radius 1 is 1.28 bits per heavy atom. The van der Waals surface area contributed by atoms with Crippen LogP contribution in [0.5, 0.6) is 0 Å². The van der Waals surface area contributed by atoms with Gasteiger partial charge in [0.1, 0.15) is 0 Å². The average Bonchev–Trinajstić information content (AvgIpc) is 2.87. The van der Waals surface area contributed by atoms with Crippen molar-refractivity contribution in [3.8, 4) is 0 Å². The lowest BCUT2D eigenvalue weighted by atomic mass is 9.98. The Balaban J connectivity index is 1.85. The number of nitrogens with one attached hydrogen (secondary N) is 1. The molecule has 2 heterocycles. The average molecular weight is 240 g/mol. The molecule has 1 aliphatic rings. The number of nitrogens with zero attached hydrogens (tertiary/aromatic N) is 1. The number of aromatic nitrogens is 1. The molecule has 2 aromatic rings. The van der Waals surface area contributed by atoms with E-state index in [0.717, 1.165) is 29.8 Å². The molecule has 18 heavy (non-hydrogen) atoms. The minimum Gasteiger partial charge on any atom is -0.388 e. The lowest BCUT2D eigenvalue weighted by Crippen LogP contribution is -2.05. The van der Waals surface area contributed by atoms with E-state index in [1.807, 2.05) is 24.3 Å². The maximum absolute atomic E-state index is 10.4. The molecule has 0 fully saturated rings. The molecule has 1 atom stereocenters. The highest BCUT2D eigenvalue weighted by Crippen LogP contribution is 2.32. The lowest BCUT2D eigenvalue weighted by Gasteiger charge is -2.15. The molecule has 0 saturated heterocycles. The van der Waals surface area contributed by atoms with Gasteiger partial charge in [0.05, 0.1) is 6.10 Å². The molecule has 3 rings (SSSR count). The van der Waals surface area contributed by atoms with Gasteiger partial charge < -0.3 is 10.4 Å². The molecule has 1 unspecified atom stereocenters. The molecule has 0 spiro atoms. The summed E-state index contributed by atoms with van der Waals surface area (Å²) < 4.78 is 0. The molecule has 0 amide bonds. The number of para-hydroxylation sites is 1. The number of fused-ring (bicyclic) bond motifs is 1. The molecule has 1 aliphatic heterocycles.